The number of nitrogens with zero attached hydrogens (tertiary/aromatic N) is 4. The minimum Gasteiger partial charge on any atom is -0.308 e. The monoisotopic (exact) mass is 822 g/mol. The fourth-order valence-corrected chi connectivity index (χ4v) is 12.9. The van der Waals surface area contributed by atoms with Gasteiger partial charge in [0.2, 0.25) is 5.95 Å². The van der Waals surface area contributed by atoms with Crippen molar-refractivity contribution in [3.05, 3.63) is 182 Å². The van der Waals surface area contributed by atoms with E-state index in [1.807, 2.05) is 11.3 Å². The van der Waals surface area contributed by atoms with Gasteiger partial charge in [-0.15, -0.1) is 22.7 Å². The molecule has 62 heavy (non-hydrogen) atoms. The fraction of sp³-hybridized carbons (Fsp3) is 0. The minimum atomic E-state index is 0.685. The average Bonchev–Trinajstić information content (AvgIpc) is 4.06. The number of rotatable bonds is 4. The number of benzene rings is 9. The molecular weight excluding hydrogens is 793 g/mol. The highest BCUT2D eigenvalue weighted by Gasteiger charge is 2.27. The standard InChI is InChI=1S/C56H30N4S2/c1-2-11-31(12-3-1)34-25-26-35(37-14-5-4-13-36(34)37)32-21-23-33(24-22-32)53-48-40-16-7-9-20-45(40)62-55(48)58-56(57-53)60-43-19-10-18-42-49(43)50-44(60)28-30-46-51(50)52-47(61-46)29-27-39-38-15-6-8-17-41(38)59(42)54(39)52/h1-30H. The zero-order valence-corrected chi connectivity index (χ0v) is 34.6. The summed E-state index contributed by atoms with van der Waals surface area (Å²) < 4.78 is 8.67. The number of hydrogen-bond donors (Lipinski definition) is 0. The van der Waals surface area contributed by atoms with Crippen LogP contribution < -0.4 is 0 Å². The van der Waals surface area contributed by atoms with Crippen molar-refractivity contribution in [2.45, 2.75) is 0 Å². The highest BCUT2D eigenvalue weighted by atomic mass is 32.1. The lowest BCUT2D eigenvalue weighted by atomic mass is 9.91. The van der Waals surface area contributed by atoms with Gasteiger partial charge in [-0.3, -0.25) is 4.57 Å². The average molecular weight is 823 g/mol. The van der Waals surface area contributed by atoms with E-state index in [9.17, 15) is 0 Å². The van der Waals surface area contributed by atoms with Gasteiger partial charge in [-0.05, 0) is 75.5 Å². The van der Waals surface area contributed by atoms with Crippen molar-refractivity contribution in [2.24, 2.45) is 0 Å². The summed E-state index contributed by atoms with van der Waals surface area (Å²) in [6.45, 7) is 0. The van der Waals surface area contributed by atoms with Gasteiger partial charge < -0.3 is 4.40 Å². The smallest absolute Gasteiger partial charge is 0.236 e. The summed E-state index contributed by atoms with van der Waals surface area (Å²) in [6, 6.07) is 66.5. The van der Waals surface area contributed by atoms with Gasteiger partial charge in [-0.1, -0.05) is 140 Å². The minimum absolute atomic E-state index is 0.685. The van der Waals surface area contributed by atoms with Crippen LogP contribution in [0.1, 0.15) is 0 Å². The highest BCUT2D eigenvalue weighted by Crippen LogP contribution is 2.50. The molecule has 0 amide bonds. The maximum absolute atomic E-state index is 5.64. The first-order valence-corrected chi connectivity index (χ1v) is 22.6. The summed E-state index contributed by atoms with van der Waals surface area (Å²) in [5, 5.41) is 12.5. The molecule has 15 aromatic rings. The summed E-state index contributed by atoms with van der Waals surface area (Å²) in [6.07, 6.45) is 0. The Kier molecular flexibility index (Phi) is 6.42. The molecule has 0 N–H and O–H groups in total. The van der Waals surface area contributed by atoms with E-state index in [4.69, 9.17) is 9.97 Å². The van der Waals surface area contributed by atoms with Crippen molar-refractivity contribution in [3.8, 4) is 39.5 Å². The number of aromatic nitrogens is 4. The van der Waals surface area contributed by atoms with E-state index in [0.717, 1.165) is 32.5 Å². The summed E-state index contributed by atoms with van der Waals surface area (Å²) in [7, 11) is 0. The van der Waals surface area contributed by atoms with Gasteiger partial charge in [0.25, 0.3) is 0 Å². The van der Waals surface area contributed by atoms with Crippen LogP contribution in [0.4, 0.5) is 0 Å². The summed E-state index contributed by atoms with van der Waals surface area (Å²) in [5.41, 5.74) is 12.8. The Bertz CT molecular complexity index is 4320. The van der Waals surface area contributed by atoms with Crippen LogP contribution in [0.15, 0.2) is 182 Å². The van der Waals surface area contributed by atoms with Gasteiger partial charge in [0.15, 0.2) is 0 Å². The van der Waals surface area contributed by atoms with Crippen molar-refractivity contribution < 1.29 is 0 Å². The molecule has 0 bridgehead atoms. The third-order valence-electron chi connectivity index (χ3n) is 13.3. The molecule has 286 valence electrons. The Balaban J connectivity index is 0.991. The molecule has 0 fully saturated rings. The number of para-hydroxylation sites is 1. The molecule has 9 aromatic carbocycles. The molecule has 0 saturated carbocycles. The number of thiophene rings is 2. The van der Waals surface area contributed by atoms with Crippen molar-refractivity contribution >= 4 is 123 Å². The Morgan fingerprint density at radius 3 is 1.79 bits per heavy atom. The molecule has 0 saturated heterocycles. The summed E-state index contributed by atoms with van der Waals surface area (Å²) in [4.78, 5) is 12.1. The lowest BCUT2D eigenvalue weighted by molar-refractivity contribution is 1.02. The lowest BCUT2D eigenvalue weighted by Gasteiger charge is -2.13. The van der Waals surface area contributed by atoms with E-state index >= 15 is 0 Å². The van der Waals surface area contributed by atoms with E-state index < -0.39 is 0 Å². The van der Waals surface area contributed by atoms with Crippen molar-refractivity contribution in [3.63, 3.8) is 0 Å². The molecule has 4 nitrogen and oxygen atoms in total. The van der Waals surface area contributed by atoms with Crippen molar-refractivity contribution in [2.75, 3.05) is 0 Å². The van der Waals surface area contributed by atoms with Crippen LogP contribution in [0.25, 0.3) is 140 Å². The molecule has 0 atom stereocenters. The van der Waals surface area contributed by atoms with Gasteiger partial charge in [0.05, 0.1) is 33.3 Å². The van der Waals surface area contributed by atoms with Gasteiger partial charge in [0, 0.05) is 62.8 Å². The molecule has 0 unspecified atom stereocenters. The van der Waals surface area contributed by atoms with Crippen LogP contribution in [-0.4, -0.2) is 18.9 Å². The zero-order chi connectivity index (χ0) is 40.2. The summed E-state index contributed by atoms with van der Waals surface area (Å²) >= 11 is 3.63. The third kappa shape index (κ3) is 4.25. The molecule has 0 aliphatic carbocycles. The second-order valence-electron chi connectivity index (χ2n) is 16.4. The largest absolute Gasteiger partial charge is 0.308 e. The number of fused-ring (bicyclic) bond motifs is 8. The maximum atomic E-state index is 5.64. The number of hydrogen-bond acceptors (Lipinski definition) is 4. The van der Waals surface area contributed by atoms with E-state index in [1.165, 1.54) is 101 Å². The Morgan fingerprint density at radius 1 is 0.339 bits per heavy atom. The second kappa shape index (κ2) is 12.0. The fourth-order valence-electron chi connectivity index (χ4n) is 10.7. The molecule has 6 heteroatoms. The van der Waals surface area contributed by atoms with Crippen LogP contribution in [-0.2, 0) is 0 Å². The predicted molar refractivity (Wildman–Crippen MR) is 264 cm³/mol. The molecule has 0 aliphatic heterocycles. The van der Waals surface area contributed by atoms with Crippen LogP contribution >= 0.6 is 22.7 Å². The third-order valence-corrected chi connectivity index (χ3v) is 15.5. The molecule has 0 aliphatic rings. The topological polar surface area (TPSA) is 35.1 Å². The van der Waals surface area contributed by atoms with Gasteiger partial charge in [-0.25, -0.2) is 9.97 Å². The van der Waals surface area contributed by atoms with Gasteiger partial charge in [0.1, 0.15) is 4.83 Å². The first-order chi connectivity index (χ1) is 30.8. The molecule has 0 spiro atoms. The molecule has 6 heterocycles. The molecule has 0 radical (unpaired) electrons. The van der Waals surface area contributed by atoms with Crippen LogP contribution in [0.3, 0.4) is 0 Å². The Hall–Kier alpha value is -7.64. The first kappa shape index (κ1) is 33.1. The molecule has 15 rings (SSSR count). The van der Waals surface area contributed by atoms with Crippen LogP contribution in [0.5, 0.6) is 0 Å². The quantitative estimate of drug-likeness (QED) is 0.177. The lowest BCUT2D eigenvalue weighted by Crippen LogP contribution is -2.02. The van der Waals surface area contributed by atoms with Crippen molar-refractivity contribution in [1.82, 2.24) is 18.9 Å². The first-order valence-electron chi connectivity index (χ1n) is 21.0. The maximum Gasteiger partial charge on any atom is 0.236 e. The van der Waals surface area contributed by atoms with E-state index in [0.29, 0.717) is 5.95 Å². The predicted octanol–water partition coefficient (Wildman–Crippen LogP) is 15.9. The second-order valence-corrected chi connectivity index (χ2v) is 18.5. The van der Waals surface area contributed by atoms with Crippen LogP contribution in [0, 0.1) is 0 Å². The highest BCUT2D eigenvalue weighted by molar-refractivity contribution is 7.26. The van der Waals surface area contributed by atoms with E-state index in [2.05, 4.69) is 191 Å². The van der Waals surface area contributed by atoms with Gasteiger partial charge >= 0.3 is 0 Å². The van der Waals surface area contributed by atoms with E-state index in [1.54, 1.807) is 11.3 Å². The zero-order valence-electron chi connectivity index (χ0n) is 32.9. The Morgan fingerprint density at radius 2 is 0.968 bits per heavy atom. The van der Waals surface area contributed by atoms with E-state index in [-0.39, 0.29) is 0 Å². The van der Waals surface area contributed by atoms with Crippen LogP contribution in [0.2, 0.25) is 0 Å². The molecular formula is C56H30N4S2. The molecule has 6 aromatic heterocycles. The Labute approximate surface area is 361 Å². The van der Waals surface area contributed by atoms with Crippen molar-refractivity contribution in [1.29, 1.82) is 0 Å². The van der Waals surface area contributed by atoms with Gasteiger partial charge in [-0.2, -0.15) is 0 Å². The SMILES string of the molecule is c1ccc(-c2ccc(-c3ccc(-c4nc(-n5c6ccc7sc8ccc9c%10ccccc%10n%10c%11cccc5c%11c6c7c8c9%10)nc5sc6ccccc6c45)cc3)c3ccccc23)cc1. The summed E-state index contributed by atoms with van der Waals surface area (Å²) in [5.74, 6) is 0.685. The normalized spacial score (nSPS) is 12.5.